The summed E-state index contributed by atoms with van der Waals surface area (Å²) in [5, 5.41) is 11.5. The van der Waals surface area contributed by atoms with Crippen LogP contribution in [0.5, 0.6) is 0 Å². The van der Waals surface area contributed by atoms with E-state index in [0.29, 0.717) is 6.42 Å². The van der Waals surface area contributed by atoms with Gasteiger partial charge >= 0.3 is 5.97 Å². The lowest BCUT2D eigenvalue weighted by molar-refractivity contribution is -0.143. The van der Waals surface area contributed by atoms with Crippen molar-refractivity contribution >= 4 is 17.3 Å². The summed E-state index contributed by atoms with van der Waals surface area (Å²) >= 11 is 1.60. The van der Waals surface area contributed by atoms with Crippen LogP contribution in [0.1, 0.15) is 17.4 Å². The number of benzene rings is 1. The molecule has 0 aliphatic carbocycles. The van der Waals surface area contributed by atoms with E-state index in [1.165, 1.54) is 0 Å². The second-order valence-electron chi connectivity index (χ2n) is 4.26. The van der Waals surface area contributed by atoms with Crippen molar-refractivity contribution in [3.63, 3.8) is 0 Å². The molecule has 1 atom stereocenters. The number of carboxylic acid groups (broad SMARTS) is 1. The van der Waals surface area contributed by atoms with Crippen molar-refractivity contribution in [1.82, 2.24) is 0 Å². The van der Waals surface area contributed by atoms with Gasteiger partial charge in [0.05, 0.1) is 5.41 Å². The van der Waals surface area contributed by atoms with Crippen molar-refractivity contribution in [1.29, 1.82) is 0 Å². The fraction of sp³-hybridized carbons (Fsp3) is 0.214. The van der Waals surface area contributed by atoms with E-state index in [9.17, 15) is 9.90 Å². The second kappa shape index (κ2) is 4.72. The standard InChI is InChI=1S/C14H14O2S/c1-14(13(15)16,10-12-8-5-9-17-12)11-6-3-2-4-7-11/h2-9H,10H2,1H3,(H,15,16). The molecule has 0 aliphatic heterocycles. The molecule has 0 spiro atoms. The van der Waals surface area contributed by atoms with E-state index in [0.717, 1.165) is 10.4 Å². The lowest BCUT2D eigenvalue weighted by Gasteiger charge is -2.24. The van der Waals surface area contributed by atoms with Crippen LogP contribution in [0, 0.1) is 0 Å². The molecule has 0 radical (unpaired) electrons. The Balaban J connectivity index is 2.37. The first-order valence-corrected chi connectivity index (χ1v) is 6.32. The summed E-state index contributed by atoms with van der Waals surface area (Å²) in [6.45, 7) is 1.78. The first kappa shape index (κ1) is 11.9. The minimum absolute atomic E-state index is 0.532. The van der Waals surface area contributed by atoms with Gasteiger partial charge in [-0.25, -0.2) is 0 Å². The van der Waals surface area contributed by atoms with Crippen LogP contribution in [0.25, 0.3) is 0 Å². The van der Waals surface area contributed by atoms with Crippen LogP contribution in [0.2, 0.25) is 0 Å². The van der Waals surface area contributed by atoms with Crippen LogP contribution in [0.3, 0.4) is 0 Å². The molecule has 0 amide bonds. The molecular weight excluding hydrogens is 232 g/mol. The van der Waals surface area contributed by atoms with Crippen LogP contribution in [0.4, 0.5) is 0 Å². The van der Waals surface area contributed by atoms with E-state index < -0.39 is 11.4 Å². The molecule has 0 saturated carbocycles. The van der Waals surface area contributed by atoms with E-state index in [1.807, 2.05) is 47.8 Å². The maximum absolute atomic E-state index is 11.6. The van der Waals surface area contributed by atoms with Crippen LogP contribution in [0.15, 0.2) is 47.8 Å². The van der Waals surface area contributed by atoms with Gasteiger partial charge in [0.2, 0.25) is 0 Å². The van der Waals surface area contributed by atoms with Gasteiger partial charge in [-0.3, -0.25) is 4.79 Å². The zero-order chi connectivity index (χ0) is 12.3. The van der Waals surface area contributed by atoms with Crippen LogP contribution >= 0.6 is 11.3 Å². The van der Waals surface area contributed by atoms with Gasteiger partial charge < -0.3 is 5.11 Å². The van der Waals surface area contributed by atoms with E-state index >= 15 is 0 Å². The SMILES string of the molecule is CC(Cc1cccs1)(C(=O)O)c1ccccc1. The van der Waals surface area contributed by atoms with Crippen molar-refractivity contribution < 1.29 is 9.90 Å². The van der Waals surface area contributed by atoms with Gasteiger partial charge in [-0.05, 0) is 23.9 Å². The normalized spacial score (nSPS) is 14.2. The molecule has 1 unspecified atom stereocenters. The molecule has 0 fully saturated rings. The molecule has 0 aliphatic rings. The molecule has 3 heteroatoms. The Morgan fingerprint density at radius 3 is 2.47 bits per heavy atom. The number of aliphatic carboxylic acids is 1. The van der Waals surface area contributed by atoms with Gasteiger partial charge in [0.25, 0.3) is 0 Å². The van der Waals surface area contributed by atoms with Gasteiger partial charge in [-0.1, -0.05) is 36.4 Å². The zero-order valence-electron chi connectivity index (χ0n) is 9.59. The molecule has 2 nitrogen and oxygen atoms in total. The van der Waals surface area contributed by atoms with Crippen LogP contribution in [-0.2, 0) is 16.6 Å². The summed E-state index contributed by atoms with van der Waals surface area (Å²) in [6, 6.07) is 13.3. The lowest BCUT2D eigenvalue weighted by atomic mass is 9.79. The molecule has 17 heavy (non-hydrogen) atoms. The van der Waals surface area contributed by atoms with Gasteiger partial charge in [0, 0.05) is 11.3 Å². The van der Waals surface area contributed by atoms with Gasteiger partial charge in [0.15, 0.2) is 0 Å². The molecule has 1 aromatic carbocycles. The smallest absolute Gasteiger partial charge is 0.314 e. The highest BCUT2D eigenvalue weighted by atomic mass is 32.1. The van der Waals surface area contributed by atoms with Crippen molar-refractivity contribution in [3.05, 3.63) is 58.3 Å². The van der Waals surface area contributed by atoms with Crippen LogP contribution in [-0.4, -0.2) is 11.1 Å². The Morgan fingerprint density at radius 1 is 1.24 bits per heavy atom. The average molecular weight is 246 g/mol. The number of rotatable bonds is 4. The Bertz CT molecular complexity index is 490. The number of carbonyl (C=O) groups is 1. The largest absolute Gasteiger partial charge is 0.481 e. The quantitative estimate of drug-likeness (QED) is 0.898. The summed E-state index contributed by atoms with van der Waals surface area (Å²) in [4.78, 5) is 12.6. The fourth-order valence-electron chi connectivity index (χ4n) is 1.87. The zero-order valence-corrected chi connectivity index (χ0v) is 10.4. The molecule has 1 N–H and O–H groups in total. The van der Waals surface area contributed by atoms with Gasteiger partial charge in [0.1, 0.15) is 0 Å². The Morgan fingerprint density at radius 2 is 1.94 bits per heavy atom. The van der Waals surface area contributed by atoms with E-state index in [4.69, 9.17) is 0 Å². The highest BCUT2D eigenvalue weighted by Gasteiger charge is 2.35. The summed E-state index contributed by atoms with van der Waals surface area (Å²) in [6.07, 6.45) is 0.532. The second-order valence-corrected chi connectivity index (χ2v) is 5.29. The Labute approximate surface area is 105 Å². The van der Waals surface area contributed by atoms with Gasteiger partial charge in [-0.2, -0.15) is 0 Å². The highest BCUT2D eigenvalue weighted by molar-refractivity contribution is 7.09. The number of carboxylic acids is 1. The van der Waals surface area contributed by atoms with Crippen molar-refractivity contribution in [2.75, 3.05) is 0 Å². The molecule has 2 rings (SSSR count). The van der Waals surface area contributed by atoms with E-state index in [2.05, 4.69) is 0 Å². The van der Waals surface area contributed by atoms with Crippen molar-refractivity contribution in [2.24, 2.45) is 0 Å². The summed E-state index contributed by atoms with van der Waals surface area (Å²) < 4.78 is 0. The monoisotopic (exact) mass is 246 g/mol. The molecule has 2 aromatic rings. The first-order chi connectivity index (χ1) is 8.13. The maximum atomic E-state index is 11.6. The fourth-order valence-corrected chi connectivity index (χ4v) is 2.73. The molecule has 1 heterocycles. The maximum Gasteiger partial charge on any atom is 0.314 e. The number of hydrogen-bond acceptors (Lipinski definition) is 2. The molecule has 88 valence electrons. The average Bonchev–Trinajstić information content (AvgIpc) is 2.82. The Kier molecular flexibility index (Phi) is 3.29. The minimum atomic E-state index is -0.855. The topological polar surface area (TPSA) is 37.3 Å². The Hall–Kier alpha value is -1.61. The van der Waals surface area contributed by atoms with E-state index in [-0.39, 0.29) is 0 Å². The molecule has 1 aromatic heterocycles. The summed E-state index contributed by atoms with van der Waals surface area (Å²) in [5.74, 6) is -0.780. The lowest BCUT2D eigenvalue weighted by Crippen LogP contribution is -2.34. The van der Waals surface area contributed by atoms with E-state index in [1.54, 1.807) is 18.3 Å². The third-order valence-corrected chi connectivity index (χ3v) is 3.87. The first-order valence-electron chi connectivity index (χ1n) is 5.44. The molecule has 0 bridgehead atoms. The number of hydrogen-bond donors (Lipinski definition) is 1. The highest BCUT2D eigenvalue weighted by Crippen LogP contribution is 2.30. The number of thiophene rings is 1. The predicted octanol–water partition coefficient (Wildman–Crippen LogP) is 3.33. The van der Waals surface area contributed by atoms with Crippen LogP contribution < -0.4 is 0 Å². The third-order valence-electron chi connectivity index (χ3n) is 2.99. The molecule has 0 saturated heterocycles. The predicted molar refractivity (Wildman–Crippen MR) is 69.5 cm³/mol. The van der Waals surface area contributed by atoms with Crippen molar-refractivity contribution in [3.8, 4) is 0 Å². The summed E-state index contributed by atoms with van der Waals surface area (Å²) in [5.41, 5.74) is -0.00699. The third kappa shape index (κ3) is 2.39. The molecular formula is C14H14O2S. The minimum Gasteiger partial charge on any atom is -0.481 e. The summed E-state index contributed by atoms with van der Waals surface area (Å²) in [7, 11) is 0. The van der Waals surface area contributed by atoms with Crippen molar-refractivity contribution in [2.45, 2.75) is 18.8 Å². The van der Waals surface area contributed by atoms with Gasteiger partial charge in [-0.15, -0.1) is 11.3 Å².